The SMILES string of the molecule is CCCCCCCCCCCCOc1ccc(CC=O)cc1. The molecule has 0 saturated heterocycles. The van der Waals surface area contributed by atoms with Crippen LogP contribution in [0.15, 0.2) is 24.3 Å². The highest BCUT2D eigenvalue weighted by molar-refractivity contribution is 5.55. The summed E-state index contributed by atoms with van der Waals surface area (Å²) in [6.07, 6.45) is 14.9. The summed E-state index contributed by atoms with van der Waals surface area (Å²) in [7, 11) is 0. The molecular formula is C20H32O2. The van der Waals surface area contributed by atoms with Crippen LogP contribution in [0.1, 0.15) is 76.7 Å². The van der Waals surface area contributed by atoms with Gasteiger partial charge < -0.3 is 9.53 Å². The molecule has 0 aromatic heterocycles. The molecule has 2 heteroatoms. The average molecular weight is 304 g/mol. The Balaban J connectivity index is 1.91. The zero-order chi connectivity index (χ0) is 15.9. The van der Waals surface area contributed by atoms with Crippen molar-refractivity contribution in [3.05, 3.63) is 29.8 Å². The Morgan fingerprint density at radius 2 is 1.36 bits per heavy atom. The van der Waals surface area contributed by atoms with E-state index in [9.17, 15) is 4.79 Å². The smallest absolute Gasteiger partial charge is 0.124 e. The number of ether oxygens (including phenoxy) is 1. The van der Waals surface area contributed by atoms with Gasteiger partial charge in [-0.05, 0) is 24.1 Å². The van der Waals surface area contributed by atoms with Gasteiger partial charge in [-0.3, -0.25) is 0 Å². The van der Waals surface area contributed by atoms with E-state index in [0.29, 0.717) is 6.42 Å². The molecule has 0 fully saturated rings. The molecule has 2 nitrogen and oxygen atoms in total. The van der Waals surface area contributed by atoms with Gasteiger partial charge in [0.2, 0.25) is 0 Å². The maximum atomic E-state index is 10.4. The maximum absolute atomic E-state index is 10.4. The van der Waals surface area contributed by atoms with Crippen molar-refractivity contribution in [2.45, 2.75) is 77.6 Å². The number of benzene rings is 1. The number of carbonyl (C=O) groups is 1. The molecule has 0 radical (unpaired) electrons. The molecular weight excluding hydrogens is 272 g/mol. The minimum Gasteiger partial charge on any atom is -0.494 e. The first-order chi connectivity index (χ1) is 10.9. The van der Waals surface area contributed by atoms with Crippen molar-refractivity contribution >= 4 is 6.29 Å². The Morgan fingerprint density at radius 3 is 1.91 bits per heavy atom. The summed E-state index contributed by atoms with van der Waals surface area (Å²) in [5.74, 6) is 0.908. The third kappa shape index (κ3) is 9.59. The fourth-order valence-corrected chi connectivity index (χ4v) is 2.60. The highest BCUT2D eigenvalue weighted by Crippen LogP contribution is 2.14. The predicted molar refractivity (Wildman–Crippen MR) is 93.5 cm³/mol. The summed E-state index contributed by atoms with van der Waals surface area (Å²) in [4.78, 5) is 10.4. The van der Waals surface area contributed by atoms with Crippen molar-refractivity contribution < 1.29 is 9.53 Å². The molecule has 22 heavy (non-hydrogen) atoms. The van der Waals surface area contributed by atoms with E-state index in [1.165, 1.54) is 57.8 Å². The number of carbonyl (C=O) groups excluding carboxylic acids is 1. The molecule has 124 valence electrons. The van der Waals surface area contributed by atoms with E-state index in [1.807, 2.05) is 24.3 Å². The molecule has 1 aromatic carbocycles. The largest absolute Gasteiger partial charge is 0.494 e. The van der Waals surface area contributed by atoms with Crippen LogP contribution >= 0.6 is 0 Å². The molecule has 0 aliphatic heterocycles. The lowest BCUT2D eigenvalue weighted by Gasteiger charge is -2.06. The van der Waals surface area contributed by atoms with E-state index in [-0.39, 0.29) is 0 Å². The van der Waals surface area contributed by atoms with E-state index >= 15 is 0 Å². The Labute approximate surface area is 136 Å². The second-order valence-corrected chi connectivity index (χ2v) is 6.05. The number of hydrogen-bond acceptors (Lipinski definition) is 2. The van der Waals surface area contributed by atoms with Crippen molar-refractivity contribution in [1.29, 1.82) is 0 Å². The standard InChI is InChI=1S/C20H32O2/c1-2-3-4-5-6-7-8-9-10-11-18-22-20-14-12-19(13-15-20)16-17-21/h12-15,17H,2-11,16,18H2,1H3. The molecule has 0 heterocycles. The van der Waals surface area contributed by atoms with E-state index < -0.39 is 0 Å². The van der Waals surface area contributed by atoms with Crippen molar-refractivity contribution in [3.63, 3.8) is 0 Å². The molecule has 1 aromatic rings. The number of hydrogen-bond donors (Lipinski definition) is 0. The van der Waals surface area contributed by atoms with Crippen LogP contribution in [0.5, 0.6) is 5.75 Å². The molecule has 0 spiro atoms. The molecule has 0 bridgehead atoms. The maximum Gasteiger partial charge on any atom is 0.124 e. The van der Waals surface area contributed by atoms with Crippen molar-refractivity contribution in [1.82, 2.24) is 0 Å². The second-order valence-electron chi connectivity index (χ2n) is 6.05. The van der Waals surface area contributed by atoms with Crippen LogP contribution in [0.25, 0.3) is 0 Å². The summed E-state index contributed by atoms with van der Waals surface area (Å²) < 4.78 is 5.72. The minimum atomic E-state index is 0.485. The minimum absolute atomic E-state index is 0.485. The summed E-state index contributed by atoms with van der Waals surface area (Å²) in [5, 5.41) is 0. The van der Waals surface area contributed by atoms with Gasteiger partial charge in [0.15, 0.2) is 0 Å². The zero-order valence-corrected chi connectivity index (χ0v) is 14.2. The molecule has 0 atom stereocenters. The third-order valence-corrected chi connectivity index (χ3v) is 4.01. The van der Waals surface area contributed by atoms with Crippen molar-refractivity contribution in [2.75, 3.05) is 6.61 Å². The van der Waals surface area contributed by atoms with E-state index in [0.717, 1.165) is 30.6 Å². The van der Waals surface area contributed by atoms with Crippen LogP contribution < -0.4 is 4.74 Å². The lowest BCUT2D eigenvalue weighted by molar-refractivity contribution is -0.107. The highest BCUT2D eigenvalue weighted by atomic mass is 16.5. The van der Waals surface area contributed by atoms with Crippen LogP contribution in [-0.2, 0) is 11.2 Å². The molecule has 0 aliphatic rings. The van der Waals surface area contributed by atoms with E-state index in [4.69, 9.17) is 4.74 Å². The Hall–Kier alpha value is -1.31. The average Bonchev–Trinajstić information content (AvgIpc) is 2.54. The van der Waals surface area contributed by atoms with Gasteiger partial charge in [-0.15, -0.1) is 0 Å². The van der Waals surface area contributed by atoms with Gasteiger partial charge in [-0.25, -0.2) is 0 Å². The zero-order valence-electron chi connectivity index (χ0n) is 14.2. The van der Waals surface area contributed by atoms with Crippen LogP contribution in [0.4, 0.5) is 0 Å². The molecule has 0 aliphatic carbocycles. The first-order valence-corrected chi connectivity index (χ1v) is 9.02. The number of unbranched alkanes of at least 4 members (excludes halogenated alkanes) is 9. The first-order valence-electron chi connectivity index (χ1n) is 9.02. The van der Waals surface area contributed by atoms with Gasteiger partial charge in [0.05, 0.1) is 6.61 Å². The summed E-state index contributed by atoms with van der Waals surface area (Å²) in [6.45, 7) is 3.06. The Morgan fingerprint density at radius 1 is 0.818 bits per heavy atom. The second kappa shape index (κ2) is 13.4. The molecule has 0 saturated carbocycles. The lowest BCUT2D eigenvalue weighted by Crippen LogP contribution is -1.97. The molecule has 0 amide bonds. The topological polar surface area (TPSA) is 26.3 Å². The van der Waals surface area contributed by atoms with Gasteiger partial charge in [-0.1, -0.05) is 76.8 Å². The predicted octanol–water partition coefficient (Wildman–Crippen LogP) is 5.73. The van der Waals surface area contributed by atoms with Gasteiger partial charge in [0.25, 0.3) is 0 Å². The quantitative estimate of drug-likeness (QED) is 0.324. The normalized spacial score (nSPS) is 10.6. The lowest BCUT2D eigenvalue weighted by atomic mass is 10.1. The first kappa shape index (κ1) is 18.7. The van der Waals surface area contributed by atoms with Crippen LogP contribution in [0, 0.1) is 0 Å². The molecule has 0 unspecified atom stereocenters. The van der Waals surface area contributed by atoms with Crippen LogP contribution in [0.3, 0.4) is 0 Å². The summed E-state index contributed by atoms with van der Waals surface area (Å²) in [6, 6.07) is 7.83. The van der Waals surface area contributed by atoms with Gasteiger partial charge in [-0.2, -0.15) is 0 Å². The summed E-state index contributed by atoms with van der Waals surface area (Å²) >= 11 is 0. The third-order valence-electron chi connectivity index (χ3n) is 4.01. The van der Waals surface area contributed by atoms with Gasteiger partial charge in [0, 0.05) is 6.42 Å². The fourth-order valence-electron chi connectivity index (χ4n) is 2.60. The van der Waals surface area contributed by atoms with Crippen LogP contribution in [0.2, 0.25) is 0 Å². The van der Waals surface area contributed by atoms with Gasteiger partial charge in [0.1, 0.15) is 12.0 Å². The Bertz CT molecular complexity index is 370. The number of aldehydes is 1. The van der Waals surface area contributed by atoms with Crippen molar-refractivity contribution in [2.24, 2.45) is 0 Å². The summed E-state index contributed by atoms with van der Waals surface area (Å²) in [5.41, 5.74) is 1.04. The molecule has 0 N–H and O–H groups in total. The molecule has 1 rings (SSSR count). The highest BCUT2D eigenvalue weighted by Gasteiger charge is 1.96. The van der Waals surface area contributed by atoms with E-state index in [2.05, 4.69) is 6.92 Å². The monoisotopic (exact) mass is 304 g/mol. The number of rotatable bonds is 14. The van der Waals surface area contributed by atoms with Gasteiger partial charge >= 0.3 is 0 Å². The van der Waals surface area contributed by atoms with Crippen molar-refractivity contribution in [3.8, 4) is 5.75 Å². The van der Waals surface area contributed by atoms with Crippen LogP contribution in [-0.4, -0.2) is 12.9 Å². The van der Waals surface area contributed by atoms with E-state index in [1.54, 1.807) is 0 Å². The fraction of sp³-hybridized carbons (Fsp3) is 0.650. The Kier molecular flexibility index (Phi) is 11.4.